The molecule has 12 aromatic heterocycles. The van der Waals surface area contributed by atoms with Crippen molar-refractivity contribution in [1.29, 1.82) is 0 Å². The average molecular weight is 1540 g/mol. The number of pyridine rings is 4. The number of benzene rings is 3. The van der Waals surface area contributed by atoms with E-state index in [0.29, 0.717) is 87.9 Å². The zero-order valence-corrected chi connectivity index (χ0v) is 59.0. The molecule has 0 saturated heterocycles. The molecule has 28 heteroatoms. The van der Waals surface area contributed by atoms with Crippen molar-refractivity contribution in [2.45, 2.75) is 65.7 Å². The van der Waals surface area contributed by atoms with Crippen LogP contribution in [-0.2, 0) is 26.2 Å². The Morgan fingerprint density at radius 3 is 1.42 bits per heavy atom. The predicted molar refractivity (Wildman–Crippen MR) is 386 cm³/mol. The predicted octanol–water partition coefficient (Wildman–Crippen LogP) is 14.3. The van der Waals surface area contributed by atoms with Crippen LogP contribution in [0.3, 0.4) is 0 Å². The van der Waals surface area contributed by atoms with E-state index in [1.54, 1.807) is 136 Å². The van der Waals surface area contributed by atoms with Crippen molar-refractivity contribution in [3.8, 4) is 33.8 Å². The van der Waals surface area contributed by atoms with Crippen molar-refractivity contribution < 1.29 is 33.4 Å². The molecule has 3 aromatic carbocycles. The molecule has 0 spiro atoms. The van der Waals surface area contributed by atoms with Gasteiger partial charge in [0.15, 0.2) is 35.0 Å². The molecule has 15 rings (SSSR count). The van der Waals surface area contributed by atoms with Crippen LogP contribution in [0, 0.1) is 16.8 Å². The van der Waals surface area contributed by atoms with E-state index in [9.17, 15) is 24.4 Å². The minimum Gasteiger partial charge on any atom is -0.619 e. The Bertz CT molecular complexity index is 5310. The molecule has 0 aliphatic carbocycles. The molecule has 15 aromatic rings. The number of anilines is 4. The molecular formula is C72H65Br3F2N20O3+2. The second kappa shape index (κ2) is 31.4. The molecule has 6 N–H and O–H groups in total. The second-order valence-electron chi connectivity index (χ2n) is 23.3. The molecular weight excluding hydrogens is 1470 g/mol. The van der Waals surface area contributed by atoms with Crippen LogP contribution in [0.25, 0.3) is 56.4 Å². The lowest BCUT2D eigenvalue weighted by molar-refractivity contribution is -0.905. The number of fused-ring (bicyclic) bond motifs is 4. The zero-order valence-electron chi connectivity index (χ0n) is 54.2. The molecule has 0 aliphatic heterocycles. The van der Waals surface area contributed by atoms with Gasteiger partial charge in [-0.1, -0.05) is 88.4 Å². The number of aromatic nitrogens is 16. The van der Waals surface area contributed by atoms with E-state index in [1.165, 1.54) is 24.5 Å². The van der Waals surface area contributed by atoms with Gasteiger partial charge in [0.2, 0.25) is 24.8 Å². The molecule has 0 amide bonds. The Morgan fingerprint density at radius 2 is 0.900 bits per heavy atom. The summed E-state index contributed by atoms with van der Waals surface area (Å²) in [6.45, 7) is 10.7. The number of rotatable bonds is 17. The first-order valence-electron chi connectivity index (χ1n) is 31.5. The summed E-state index contributed by atoms with van der Waals surface area (Å²) in [5.41, 5.74) is 12.7. The Morgan fingerprint density at radius 1 is 0.440 bits per heavy atom. The van der Waals surface area contributed by atoms with Crippen LogP contribution in [0.5, 0.6) is 0 Å². The summed E-state index contributed by atoms with van der Waals surface area (Å²) in [6.07, 6.45) is 19.8. The number of nitrogens with one attached hydrogen (secondary N) is 4. The average Bonchev–Trinajstić information content (AvgIpc) is 1.58. The molecule has 12 heterocycles. The topological polar surface area (TPSA) is 257 Å². The molecule has 504 valence electrons. The number of hydrogen-bond acceptors (Lipinski definition) is 16. The summed E-state index contributed by atoms with van der Waals surface area (Å²) >= 11 is 10.3. The Balaban J connectivity index is 0.000000127. The van der Waals surface area contributed by atoms with E-state index in [0.717, 1.165) is 90.8 Å². The maximum Gasteiger partial charge on any atom is 0.227 e. The summed E-state index contributed by atoms with van der Waals surface area (Å²) in [6, 6.07) is 45.7. The van der Waals surface area contributed by atoms with Crippen molar-refractivity contribution in [2.24, 2.45) is 0 Å². The van der Waals surface area contributed by atoms with E-state index in [1.807, 2.05) is 59.4 Å². The summed E-state index contributed by atoms with van der Waals surface area (Å²) in [4.78, 5) is 22.7. The summed E-state index contributed by atoms with van der Waals surface area (Å²) in [5.74, 6) is 3.11. The van der Waals surface area contributed by atoms with Gasteiger partial charge in [-0.3, -0.25) is 15.4 Å². The Kier molecular flexibility index (Phi) is 21.6. The summed E-state index contributed by atoms with van der Waals surface area (Å²) in [5, 5.41) is 61.0. The molecule has 0 unspecified atom stereocenters. The molecule has 0 aliphatic rings. The molecule has 23 nitrogen and oxygen atoms in total. The van der Waals surface area contributed by atoms with Gasteiger partial charge in [-0.25, -0.2) is 28.7 Å². The van der Waals surface area contributed by atoms with E-state index in [2.05, 4.69) is 161 Å². The van der Waals surface area contributed by atoms with Gasteiger partial charge >= 0.3 is 0 Å². The third kappa shape index (κ3) is 16.4. The van der Waals surface area contributed by atoms with Crippen LogP contribution in [0.2, 0.25) is 0 Å². The van der Waals surface area contributed by atoms with Gasteiger partial charge in [-0.05, 0) is 113 Å². The zero-order chi connectivity index (χ0) is 69.8. The van der Waals surface area contributed by atoms with Crippen LogP contribution < -0.4 is 35.5 Å². The summed E-state index contributed by atoms with van der Waals surface area (Å²) in [7, 11) is 0. The van der Waals surface area contributed by atoms with Crippen molar-refractivity contribution >= 4 is 93.6 Å². The van der Waals surface area contributed by atoms with Crippen LogP contribution in [-0.4, -0.2) is 73.8 Å². The monoisotopic (exact) mass is 1530 g/mol. The Labute approximate surface area is 597 Å². The fraction of sp³-hybridized carbons (Fsp3) is 0.139. The van der Waals surface area contributed by atoms with Crippen molar-refractivity contribution in [2.75, 3.05) is 21.3 Å². The first-order chi connectivity index (χ1) is 48.5. The van der Waals surface area contributed by atoms with Gasteiger partial charge < -0.3 is 26.5 Å². The fourth-order valence-electron chi connectivity index (χ4n) is 10.4. The third-order valence-electron chi connectivity index (χ3n) is 15.6. The van der Waals surface area contributed by atoms with Crippen molar-refractivity contribution in [3.05, 3.63) is 290 Å². The highest BCUT2D eigenvalue weighted by Crippen LogP contribution is 2.32. The van der Waals surface area contributed by atoms with Gasteiger partial charge in [-0.15, -0.1) is 0 Å². The Hall–Kier alpha value is -11.4. The summed E-state index contributed by atoms with van der Waals surface area (Å²) < 4.78 is 40.4. The lowest BCUT2D eigenvalue weighted by Crippen LogP contribution is -2.29. The molecule has 0 fully saturated rings. The number of hydrogen-bond donors (Lipinski definition) is 6. The normalized spacial score (nSPS) is 11.1. The first kappa shape index (κ1) is 68.6. The van der Waals surface area contributed by atoms with Gasteiger partial charge in [0, 0.05) is 136 Å². The molecule has 100 heavy (non-hydrogen) atoms. The maximum atomic E-state index is 14.2. The standard InChI is InChI=1S/C21H21N5.2C18H14BrFN5O.C15H16BrN5O/c1-15(2)18-14-24-26-20(23-13-16-7-6-10-22-12-16)11-19(25-21(18)26)17-8-4-3-5-9-17;19-14-10-22-25-17(21-9-12-4-3-7-24(26)11-12)8-16(23-18(14)25)13-5-1-2-6-15(13)20;19-14-11-22-25-17(21-10-12-5-7-24(26)8-6-12)9-16(23-18(14)25)13-3-1-2-4-15(13)20;1-10(2)13-6-14(21-15(19-13)12(16)8-18-21)17-7-11-4-3-5-20(22)9-11/h3-12,14-15,23H,13H2,1-2H3;1-8,10-11,21,26H,9H2;1-9,11,21,26H,10H2;3-6,8-10,17H,7H2,1-2H3/q;2*+1;. The molecule has 0 saturated carbocycles. The molecule has 0 radical (unpaired) electrons. The van der Waals surface area contributed by atoms with Gasteiger partial charge in [0.05, 0.1) is 55.3 Å². The molecule has 0 bridgehead atoms. The lowest BCUT2D eigenvalue weighted by atomic mass is 10.1. The smallest absolute Gasteiger partial charge is 0.227 e. The van der Waals surface area contributed by atoms with Crippen LogP contribution in [0.15, 0.2) is 239 Å². The van der Waals surface area contributed by atoms with Crippen molar-refractivity contribution in [1.82, 2.24) is 63.4 Å². The molecule has 0 atom stereocenters. The van der Waals surface area contributed by atoms with E-state index >= 15 is 0 Å². The second-order valence-corrected chi connectivity index (χ2v) is 25.9. The van der Waals surface area contributed by atoms with Gasteiger partial charge in [0.1, 0.15) is 34.9 Å². The van der Waals surface area contributed by atoms with Crippen molar-refractivity contribution in [3.63, 3.8) is 0 Å². The number of halogens is 5. The first-order valence-corrected chi connectivity index (χ1v) is 33.9. The third-order valence-corrected chi connectivity index (χ3v) is 17.2. The highest BCUT2D eigenvalue weighted by Gasteiger charge is 2.19. The maximum absolute atomic E-state index is 14.2. The van der Waals surface area contributed by atoms with Gasteiger partial charge in [0.25, 0.3) is 0 Å². The SMILES string of the molecule is CC(C)c1cc(NCc2ccc[n+]([O-])c2)n2ncc(Br)c2n1.CC(C)c1cnn2c(NCc3cccnc3)cc(-c3ccccc3)nc12.O[n+]1ccc(CNc2cc(-c3ccccc3F)nc3c(Br)cnn23)cc1.O[n+]1cccc(CNc2cc(-c3ccccc3F)nc3c(Br)cnn23)c1. The fourth-order valence-corrected chi connectivity index (χ4v) is 11.5. The largest absolute Gasteiger partial charge is 0.619 e. The highest BCUT2D eigenvalue weighted by atomic mass is 79.9. The van der Waals surface area contributed by atoms with Crippen LogP contribution in [0.1, 0.15) is 73.0 Å². The van der Waals surface area contributed by atoms with Crippen LogP contribution in [0.4, 0.5) is 32.1 Å². The quantitative estimate of drug-likeness (QED) is 0.0281. The highest BCUT2D eigenvalue weighted by molar-refractivity contribution is 9.11. The van der Waals surface area contributed by atoms with E-state index < -0.39 is 0 Å². The minimum atomic E-state index is -0.338. The van der Waals surface area contributed by atoms with E-state index in [-0.39, 0.29) is 11.6 Å². The van der Waals surface area contributed by atoms with Gasteiger partial charge in [-0.2, -0.15) is 43.2 Å². The number of nitrogens with zero attached hydrogens (tertiary/aromatic N) is 16. The lowest BCUT2D eigenvalue weighted by Gasteiger charge is -2.12. The minimum absolute atomic E-state index is 0.313. The van der Waals surface area contributed by atoms with Crippen LogP contribution >= 0.6 is 47.8 Å². The van der Waals surface area contributed by atoms with E-state index in [4.69, 9.17) is 4.98 Å².